The summed E-state index contributed by atoms with van der Waals surface area (Å²) in [4.78, 5) is 4.56. The van der Waals surface area contributed by atoms with Gasteiger partial charge in [-0.1, -0.05) is 57.2 Å². The van der Waals surface area contributed by atoms with Gasteiger partial charge in [0.2, 0.25) is 0 Å². The van der Waals surface area contributed by atoms with Crippen LogP contribution in [0.5, 0.6) is 0 Å². The topological polar surface area (TPSA) is 12.9 Å². The van der Waals surface area contributed by atoms with E-state index < -0.39 is 0 Å². The van der Waals surface area contributed by atoms with Gasteiger partial charge in [0, 0.05) is 11.9 Å². The molecule has 0 spiro atoms. The van der Waals surface area contributed by atoms with Gasteiger partial charge in [0.15, 0.2) is 0 Å². The Balaban J connectivity index is 1.99. The van der Waals surface area contributed by atoms with Crippen LogP contribution in [-0.4, -0.2) is 4.98 Å². The molecule has 0 N–H and O–H groups in total. The van der Waals surface area contributed by atoms with E-state index in [0.29, 0.717) is 0 Å². The number of rotatable bonds is 3. The lowest BCUT2D eigenvalue weighted by Gasteiger charge is -2.18. The van der Waals surface area contributed by atoms with Crippen molar-refractivity contribution in [1.29, 1.82) is 0 Å². The fraction of sp³-hybridized carbons (Fsp3) is 0.353. The summed E-state index contributed by atoms with van der Waals surface area (Å²) < 4.78 is 0. The highest BCUT2D eigenvalue weighted by Crippen LogP contribution is 2.21. The average molecular weight is 239 g/mol. The highest BCUT2D eigenvalue weighted by Gasteiger charge is 2.13. The van der Waals surface area contributed by atoms with Crippen LogP contribution in [0.4, 0.5) is 0 Å². The standard InChI is InChI=1S/C17H21N/c1-17(2,3)15-10-12-16(18-13-15)11-9-14-7-5-4-6-8-14/h4-8,10,12-13H,9,11H2,1-3H3. The first-order chi connectivity index (χ1) is 8.55. The molecule has 2 aromatic rings. The second kappa shape index (κ2) is 5.34. The van der Waals surface area contributed by atoms with Crippen LogP contribution >= 0.6 is 0 Å². The van der Waals surface area contributed by atoms with Crippen LogP contribution in [0.25, 0.3) is 0 Å². The molecule has 0 atom stereocenters. The van der Waals surface area contributed by atoms with Crippen molar-refractivity contribution in [2.75, 3.05) is 0 Å². The molecule has 1 heteroatoms. The molecule has 0 saturated heterocycles. The Hall–Kier alpha value is -1.63. The van der Waals surface area contributed by atoms with Crippen LogP contribution in [0.3, 0.4) is 0 Å². The van der Waals surface area contributed by atoms with Crippen LogP contribution in [0, 0.1) is 0 Å². The minimum Gasteiger partial charge on any atom is -0.261 e. The SMILES string of the molecule is CC(C)(C)c1ccc(CCc2ccccc2)nc1. The molecular weight excluding hydrogens is 218 g/mol. The molecule has 1 aromatic heterocycles. The van der Waals surface area contributed by atoms with Gasteiger partial charge in [-0.15, -0.1) is 0 Å². The fourth-order valence-corrected chi connectivity index (χ4v) is 1.93. The van der Waals surface area contributed by atoms with E-state index in [2.05, 4.69) is 68.2 Å². The molecule has 0 fully saturated rings. The first-order valence-electron chi connectivity index (χ1n) is 6.55. The number of aromatic nitrogens is 1. The Kier molecular flexibility index (Phi) is 3.81. The lowest BCUT2D eigenvalue weighted by atomic mass is 9.88. The van der Waals surface area contributed by atoms with E-state index in [1.807, 2.05) is 6.20 Å². The van der Waals surface area contributed by atoms with E-state index in [-0.39, 0.29) is 5.41 Å². The van der Waals surface area contributed by atoms with Gasteiger partial charge in [-0.25, -0.2) is 0 Å². The maximum Gasteiger partial charge on any atom is 0.0407 e. The third kappa shape index (κ3) is 3.43. The normalized spacial score (nSPS) is 11.5. The molecule has 0 aliphatic carbocycles. The zero-order chi connectivity index (χ0) is 13.0. The van der Waals surface area contributed by atoms with Gasteiger partial charge in [-0.05, 0) is 35.4 Å². The summed E-state index contributed by atoms with van der Waals surface area (Å²) in [5.41, 5.74) is 4.03. The molecule has 2 rings (SSSR count). The van der Waals surface area contributed by atoms with Gasteiger partial charge in [-0.2, -0.15) is 0 Å². The average Bonchev–Trinajstić information content (AvgIpc) is 2.37. The Morgan fingerprint density at radius 3 is 2.17 bits per heavy atom. The zero-order valence-corrected chi connectivity index (χ0v) is 11.5. The maximum atomic E-state index is 4.56. The first-order valence-corrected chi connectivity index (χ1v) is 6.55. The molecule has 1 nitrogen and oxygen atoms in total. The van der Waals surface area contributed by atoms with E-state index >= 15 is 0 Å². The molecule has 1 heterocycles. The minimum atomic E-state index is 0.185. The molecule has 1 aromatic carbocycles. The van der Waals surface area contributed by atoms with Gasteiger partial charge >= 0.3 is 0 Å². The molecular formula is C17H21N. The third-order valence-corrected chi connectivity index (χ3v) is 3.20. The lowest BCUT2D eigenvalue weighted by Crippen LogP contribution is -2.11. The summed E-state index contributed by atoms with van der Waals surface area (Å²) >= 11 is 0. The molecule has 0 radical (unpaired) electrons. The summed E-state index contributed by atoms with van der Waals surface area (Å²) in [6, 6.07) is 14.9. The van der Waals surface area contributed by atoms with Crippen LogP contribution in [0.15, 0.2) is 48.7 Å². The number of aryl methyl sites for hydroxylation is 2. The van der Waals surface area contributed by atoms with Gasteiger partial charge < -0.3 is 0 Å². The van der Waals surface area contributed by atoms with E-state index in [1.165, 1.54) is 16.8 Å². The number of nitrogens with zero attached hydrogens (tertiary/aromatic N) is 1. The minimum absolute atomic E-state index is 0.185. The number of benzene rings is 1. The summed E-state index contributed by atoms with van der Waals surface area (Å²) in [6.45, 7) is 6.65. The molecule has 18 heavy (non-hydrogen) atoms. The fourth-order valence-electron chi connectivity index (χ4n) is 1.93. The zero-order valence-electron chi connectivity index (χ0n) is 11.5. The van der Waals surface area contributed by atoms with Crippen molar-refractivity contribution in [3.8, 4) is 0 Å². The third-order valence-electron chi connectivity index (χ3n) is 3.20. The largest absolute Gasteiger partial charge is 0.261 e. The van der Waals surface area contributed by atoms with Crippen molar-refractivity contribution in [2.24, 2.45) is 0 Å². The van der Waals surface area contributed by atoms with Crippen molar-refractivity contribution in [3.63, 3.8) is 0 Å². The second-order valence-corrected chi connectivity index (χ2v) is 5.77. The van der Waals surface area contributed by atoms with Crippen molar-refractivity contribution >= 4 is 0 Å². The Morgan fingerprint density at radius 2 is 1.61 bits per heavy atom. The van der Waals surface area contributed by atoms with Crippen LogP contribution in [-0.2, 0) is 18.3 Å². The number of hydrogen-bond donors (Lipinski definition) is 0. The number of hydrogen-bond acceptors (Lipinski definition) is 1. The van der Waals surface area contributed by atoms with Crippen LogP contribution < -0.4 is 0 Å². The van der Waals surface area contributed by atoms with E-state index in [0.717, 1.165) is 12.8 Å². The lowest BCUT2D eigenvalue weighted by molar-refractivity contribution is 0.586. The van der Waals surface area contributed by atoms with Gasteiger partial charge in [0.25, 0.3) is 0 Å². The van der Waals surface area contributed by atoms with Crippen molar-refractivity contribution < 1.29 is 0 Å². The van der Waals surface area contributed by atoms with Crippen molar-refractivity contribution in [3.05, 3.63) is 65.5 Å². The van der Waals surface area contributed by atoms with Crippen molar-refractivity contribution in [2.45, 2.75) is 39.0 Å². The maximum absolute atomic E-state index is 4.56. The van der Waals surface area contributed by atoms with E-state index in [9.17, 15) is 0 Å². The molecule has 94 valence electrons. The molecule has 0 bridgehead atoms. The Bertz CT molecular complexity index is 477. The number of pyridine rings is 1. The molecule has 0 amide bonds. The van der Waals surface area contributed by atoms with E-state index in [1.54, 1.807) is 0 Å². The van der Waals surface area contributed by atoms with Crippen LogP contribution in [0.1, 0.15) is 37.6 Å². The van der Waals surface area contributed by atoms with Gasteiger partial charge in [-0.3, -0.25) is 4.98 Å². The molecule has 0 aliphatic rings. The monoisotopic (exact) mass is 239 g/mol. The summed E-state index contributed by atoms with van der Waals surface area (Å²) in [5, 5.41) is 0. The second-order valence-electron chi connectivity index (χ2n) is 5.77. The Labute approximate surface area is 110 Å². The highest BCUT2D eigenvalue weighted by molar-refractivity contribution is 5.22. The molecule has 0 saturated carbocycles. The Morgan fingerprint density at radius 1 is 0.889 bits per heavy atom. The van der Waals surface area contributed by atoms with E-state index in [4.69, 9.17) is 0 Å². The summed E-state index contributed by atoms with van der Waals surface area (Å²) in [6.07, 6.45) is 4.08. The molecule has 0 unspecified atom stereocenters. The summed E-state index contributed by atoms with van der Waals surface area (Å²) in [7, 11) is 0. The van der Waals surface area contributed by atoms with Gasteiger partial charge in [0.05, 0.1) is 0 Å². The predicted molar refractivity (Wildman–Crippen MR) is 76.8 cm³/mol. The van der Waals surface area contributed by atoms with Gasteiger partial charge in [0.1, 0.15) is 0 Å². The predicted octanol–water partition coefficient (Wildman–Crippen LogP) is 4.16. The molecule has 0 aliphatic heterocycles. The highest BCUT2D eigenvalue weighted by atomic mass is 14.7. The smallest absolute Gasteiger partial charge is 0.0407 e. The first kappa shape index (κ1) is 12.8. The quantitative estimate of drug-likeness (QED) is 0.783. The van der Waals surface area contributed by atoms with Crippen molar-refractivity contribution in [1.82, 2.24) is 4.98 Å². The summed E-state index contributed by atoms with van der Waals surface area (Å²) in [5.74, 6) is 0. The van der Waals surface area contributed by atoms with Crippen LogP contribution in [0.2, 0.25) is 0 Å².